The second-order valence-corrected chi connectivity index (χ2v) is 8.10. The highest BCUT2D eigenvalue weighted by Crippen LogP contribution is 2.29. The van der Waals surface area contributed by atoms with Gasteiger partial charge in [0.15, 0.2) is 0 Å². The van der Waals surface area contributed by atoms with E-state index in [9.17, 15) is 9.59 Å². The molecule has 0 radical (unpaired) electrons. The third-order valence-electron chi connectivity index (χ3n) is 5.01. The Balaban J connectivity index is 1.97. The minimum absolute atomic E-state index is 0.0289. The summed E-state index contributed by atoms with van der Waals surface area (Å²) in [5, 5.41) is 3.04. The van der Waals surface area contributed by atoms with E-state index in [4.69, 9.17) is 0 Å². The number of anilines is 1. The summed E-state index contributed by atoms with van der Waals surface area (Å²) in [6, 6.07) is 8.24. The topological polar surface area (TPSA) is 49.4 Å². The summed E-state index contributed by atoms with van der Waals surface area (Å²) in [4.78, 5) is 26.3. The van der Waals surface area contributed by atoms with Gasteiger partial charge in [0, 0.05) is 31.6 Å². The fraction of sp³-hybridized carbons (Fsp3) is 0.619. The molecule has 1 fully saturated rings. The smallest absolute Gasteiger partial charge is 0.226 e. The molecule has 0 unspecified atom stereocenters. The van der Waals surface area contributed by atoms with Gasteiger partial charge in [-0.05, 0) is 29.9 Å². The van der Waals surface area contributed by atoms with Gasteiger partial charge in [-0.25, -0.2) is 0 Å². The first kappa shape index (κ1) is 19.5. The van der Waals surface area contributed by atoms with Crippen LogP contribution in [0.25, 0.3) is 0 Å². The van der Waals surface area contributed by atoms with E-state index < -0.39 is 0 Å². The molecule has 0 bridgehead atoms. The van der Waals surface area contributed by atoms with Crippen LogP contribution in [-0.4, -0.2) is 29.3 Å². The predicted octanol–water partition coefficient (Wildman–Crippen LogP) is 4.49. The highest BCUT2D eigenvalue weighted by Gasteiger charge is 2.24. The SMILES string of the molecule is CC(=O)N(CCC(=O)Nc1ccccc1C(C)(C)C)C1CCCCC1. The third-order valence-corrected chi connectivity index (χ3v) is 5.01. The number of hydrogen-bond acceptors (Lipinski definition) is 2. The number of nitrogens with zero attached hydrogens (tertiary/aromatic N) is 1. The van der Waals surface area contributed by atoms with Gasteiger partial charge in [-0.1, -0.05) is 58.2 Å². The monoisotopic (exact) mass is 344 g/mol. The highest BCUT2D eigenvalue weighted by molar-refractivity contribution is 5.92. The molecule has 0 aliphatic heterocycles. The van der Waals surface area contributed by atoms with Crippen molar-refractivity contribution in [1.29, 1.82) is 0 Å². The van der Waals surface area contributed by atoms with Gasteiger partial charge >= 0.3 is 0 Å². The maximum absolute atomic E-state index is 12.5. The van der Waals surface area contributed by atoms with E-state index in [1.807, 2.05) is 23.1 Å². The van der Waals surface area contributed by atoms with Crippen molar-refractivity contribution in [3.05, 3.63) is 29.8 Å². The number of rotatable bonds is 5. The van der Waals surface area contributed by atoms with Crippen LogP contribution in [0.4, 0.5) is 5.69 Å². The van der Waals surface area contributed by atoms with Crippen LogP contribution >= 0.6 is 0 Å². The standard InChI is InChI=1S/C21H32N2O2/c1-16(24)23(17-10-6-5-7-11-17)15-14-20(25)22-19-13-9-8-12-18(19)21(2,3)4/h8-9,12-13,17H,5-7,10-11,14-15H2,1-4H3,(H,22,25). The Kier molecular flexibility index (Phi) is 6.63. The molecule has 2 amide bonds. The summed E-state index contributed by atoms with van der Waals surface area (Å²) < 4.78 is 0. The minimum atomic E-state index is -0.0304. The summed E-state index contributed by atoms with van der Waals surface area (Å²) in [5.74, 6) is 0.0496. The largest absolute Gasteiger partial charge is 0.339 e. The van der Waals surface area contributed by atoms with Crippen molar-refractivity contribution in [2.75, 3.05) is 11.9 Å². The molecule has 1 saturated carbocycles. The molecule has 2 rings (SSSR count). The molecular formula is C21H32N2O2. The van der Waals surface area contributed by atoms with Gasteiger partial charge in [-0.15, -0.1) is 0 Å². The first-order valence-corrected chi connectivity index (χ1v) is 9.45. The van der Waals surface area contributed by atoms with Crippen molar-refractivity contribution in [3.63, 3.8) is 0 Å². The molecule has 4 heteroatoms. The molecular weight excluding hydrogens is 312 g/mol. The first-order chi connectivity index (χ1) is 11.8. The molecule has 0 spiro atoms. The van der Waals surface area contributed by atoms with Crippen LogP contribution in [0, 0.1) is 0 Å². The number of hydrogen-bond donors (Lipinski definition) is 1. The minimum Gasteiger partial charge on any atom is -0.339 e. The van der Waals surface area contributed by atoms with E-state index in [1.54, 1.807) is 6.92 Å². The lowest BCUT2D eigenvalue weighted by Gasteiger charge is -2.33. The van der Waals surface area contributed by atoms with E-state index in [0.29, 0.717) is 19.0 Å². The molecule has 0 heterocycles. The van der Waals surface area contributed by atoms with Crippen molar-refractivity contribution in [2.24, 2.45) is 0 Å². The van der Waals surface area contributed by atoms with Crippen molar-refractivity contribution in [1.82, 2.24) is 4.90 Å². The molecule has 1 N–H and O–H groups in total. The molecule has 4 nitrogen and oxygen atoms in total. The van der Waals surface area contributed by atoms with Crippen molar-refractivity contribution in [2.45, 2.75) is 77.7 Å². The summed E-state index contributed by atoms with van der Waals surface area (Å²) in [6.07, 6.45) is 6.09. The highest BCUT2D eigenvalue weighted by atomic mass is 16.2. The number of carbonyl (C=O) groups is 2. The van der Waals surface area contributed by atoms with E-state index in [0.717, 1.165) is 24.1 Å². The van der Waals surface area contributed by atoms with Crippen LogP contribution in [0.1, 0.15) is 71.8 Å². The molecule has 1 aliphatic carbocycles. The summed E-state index contributed by atoms with van der Waals surface area (Å²) >= 11 is 0. The third kappa shape index (κ3) is 5.58. The van der Waals surface area contributed by atoms with Gasteiger partial charge in [0.2, 0.25) is 11.8 Å². The average Bonchev–Trinajstić information content (AvgIpc) is 2.55. The van der Waals surface area contributed by atoms with Gasteiger partial charge in [0.05, 0.1) is 0 Å². The number of para-hydroxylation sites is 1. The second kappa shape index (κ2) is 8.50. The maximum Gasteiger partial charge on any atom is 0.226 e. The summed E-state index contributed by atoms with van der Waals surface area (Å²) in [5.41, 5.74) is 1.96. The molecule has 1 aromatic rings. The van der Waals surface area contributed by atoms with Crippen LogP contribution in [0.2, 0.25) is 0 Å². The van der Waals surface area contributed by atoms with Gasteiger partial charge in [-0.2, -0.15) is 0 Å². The van der Waals surface area contributed by atoms with Crippen molar-refractivity contribution in [3.8, 4) is 0 Å². The fourth-order valence-corrected chi connectivity index (χ4v) is 3.67. The molecule has 0 atom stereocenters. The molecule has 25 heavy (non-hydrogen) atoms. The van der Waals surface area contributed by atoms with E-state index in [1.165, 1.54) is 19.3 Å². The molecule has 138 valence electrons. The quantitative estimate of drug-likeness (QED) is 0.855. The molecule has 1 aliphatic rings. The van der Waals surface area contributed by atoms with Crippen LogP contribution in [0.3, 0.4) is 0 Å². The van der Waals surface area contributed by atoms with Crippen molar-refractivity contribution >= 4 is 17.5 Å². The Bertz CT molecular complexity index is 598. The Morgan fingerprint density at radius 3 is 2.36 bits per heavy atom. The number of amides is 2. The van der Waals surface area contributed by atoms with Gasteiger partial charge in [-0.3, -0.25) is 9.59 Å². The zero-order chi connectivity index (χ0) is 18.4. The normalized spacial score (nSPS) is 15.7. The second-order valence-electron chi connectivity index (χ2n) is 8.10. The Hall–Kier alpha value is -1.84. The summed E-state index contributed by atoms with van der Waals surface area (Å²) in [7, 11) is 0. The lowest BCUT2D eigenvalue weighted by molar-refractivity contribution is -0.132. The van der Waals surface area contributed by atoms with Gasteiger partial charge in [0.25, 0.3) is 0 Å². The predicted molar refractivity (Wildman–Crippen MR) is 103 cm³/mol. The van der Waals surface area contributed by atoms with Crippen LogP contribution in [0.15, 0.2) is 24.3 Å². The van der Waals surface area contributed by atoms with E-state index >= 15 is 0 Å². The van der Waals surface area contributed by atoms with Crippen molar-refractivity contribution < 1.29 is 9.59 Å². The molecule has 0 aromatic heterocycles. The van der Waals surface area contributed by atoms with E-state index in [-0.39, 0.29) is 17.2 Å². The maximum atomic E-state index is 12.5. The van der Waals surface area contributed by atoms with Gasteiger partial charge < -0.3 is 10.2 Å². The van der Waals surface area contributed by atoms with Gasteiger partial charge in [0.1, 0.15) is 0 Å². The average molecular weight is 344 g/mol. The number of benzene rings is 1. The molecule has 0 saturated heterocycles. The first-order valence-electron chi connectivity index (χ1n) is 9.45. The number of nitrogens with one attached hydrogen (secondary N) is 1. The van der Waals surface area contributed by atoms with Crippen LogP contribution < -0.4 is 5.32 Å². The number of carbonyl (C=O) groups excluding carboxylic acids is 2. The lowest BCUT2D eigenvalue weighted by Crippen LogP contribution is -2.41. The Labute approximate surface area is 152 Å². The Morgan fingerprint density at radius 2 is 1.76 bits per heavy atom. The summed E-state index contributed by atoms with van der Waals surface area (Å²) in [6.45, 7) is 8.53. The fourth-order valence-electron chi connectivity index (χ4n) is 3.67. The van der Waals surface area contributed by atoms with Crippen LogP contribution in [0.5, 0.6) is 0 Å². The Morgan fingerprint density at radius 1 is 1.12 bits per heavy atom. The van der Waals surface area contributed by atoms with Crippen LogP contribution in [-0.2, 0) is 15.0 Å². The zero-order valence-electron chi connectivity index (χ0n) is 16.1. The lowest BCUT2D eigenvalue weighted by atomic mass is 9.86. The van der Waals surface area contributed by atoms with E-state index in [2.05, 4.69) is 32.2 Å². The zero-order valence-corrected chi connectivity index (χ0v) is 16.1. The molecule has 1 aromatic carbocycles.